The topological polar surface area (TPSA) is 89.4 Å². The second-order valence-corrected chi connectivity index (χ2v) is 8.42. The number of imidazole rings is 1. The molecule has 9 nitrogen and oxygen atoms in total. The molecule has 2 heterocycles. The smallest absolute Gasteiger partial charge is 0.214 e. The Morgan fingerprint density at radius 3 is 2.38 bits per heavy atom. The molecule has 2 aromatic heterocycles. The highest BCUT2D eigenvalue weighted by atomic mass is 35.5. The minimum absolute atomic E-state index is 0.306. The highest BCUT2D eigenvalue weighted by Gasteiger charge is 2.21. The number of benzene rings is 2. The number of aromatic nitrogens is 4. The van der Waals surface area contributed by atoms with Crippen molar-refractivity contribution in [2.45, 2.75) is 0 Å². The average Bonchev–Trinajstić information content (AvgIpc) is 3.20. The molecule has 2 aromatic carbocycles. The van der Waals surface area contributed by atoms with Crippen molar-refractivity contribution in [3.63, 3.8) is 0 Å². The lowest BCUT2D eigenvalue weighted by Crippen LogP contribution is -2.21. The van der Waals surface area contributed by atoms with Crippen LogP contribution in [0.2, 0.25) is 10.0 Å². The van der Waals surface area contributed by atoms with Crippen molar-refractivity contribution in [1.82, 2.24) is 24.4 Å². The number of methoxy groups -OCH3 is 2. The standard InChI is InChI=1S/C23H25Cl2N7O2/c1-31(2)10-9-26-18-12-19(28-13-27-18)32-15-8-6-5-7-14(15)29-23(32)30-22-20(24)16(33-3)11-17(34-4)21(22)25/h5-8,11-13H,9-10H2,1-4H3,(H,29,30)(H,26,27,28). The van der Waals surface area contributed by atoms with Crippen LogP contribution >= 0.6 is 23.2 Å². The van der Waals surface area contributed by atoms with Crippen LogP contribution in [0.25, 0.3) is 16.9 Å². The van der Waals surface area contributed by atoms with Crippen LogP contribution in [0.5, 0.6) is 11.5 Å². The minimum atomic E-state index is 0.306. The minimum Gasteiger partial charge on any atom is -0.495 e. The summed E-state index contributed by atoms with van der Waals surface area (Å²) in [6.45, 7) is 1.61. The van der Waals surface area contributed by atoms with Gasteiger partial charge in [0.25, 0.3) is 0 Å². The number of anilines is 3. The van der Waals surface area contributed by atoms with Gasteiger partial charge in [0, 0.05) is 25.2 Å². The largest absolute Gasteiger partial charge is 0.495 e. The van der Waals surface area contributed by atoms with E-state index < -0.39 is 0 Å². The van der Waals surface area contributed by atoms with Crippen molar-refractivity contribution in [1.29, 1.82) is 0 Å². The zero-order valence-electron chi connectivity index (χ0n) is 19.3. The number of hydrogen-bond donors (Lipinski definition) is 2. The maximum atomic E-state index is 6.59. The molecule has 0 aliphatic heterocycles. The third-order valence-electron chi connectivity index (χ3n) is 5.12. The fraction of sp³-hybridized carbons (Fsp3) is 0.261. The van der Waals surface area contributed by atoms with Crippen LogP contribution in [0.4, 0.5) is 17.5 Å². The summed E-state index contributed by atoms with van der Waals surface area (Å²) in [5.41, 5.74) is 2.03. The molecule has 4 aromatic rings. The van der Waals surface area contributed by atoms with Crippen LogP contribution in [-0.2, 0) is 0 Å². The lowest BCUT2D eigenvalue weighted by Gasteiger charge is -2.17. The molecular formula is C23H25Cl2N7O2. The molecule has 178 valence electrons. The molecule has 0 radical (unpaired) electrons. The molecule has 0 unspecified atom stereocenters. The van der Waals surface area contributed by atoms with Crippen LogP contribution < -0.4 is 20.1 Å². The first-order chi connectivity index (χ1) is 16.4. The molecule has 0 aliphatic rings. The molecule has 0 saturated heterocycles. The van der Waals surface area contributed by atoms with Gasteiger partial charge in [-0.2, -0.15) is 0 Å². The van der Waals surface area contributed by atoms with Crippen LogP contribution in [0.1, 0.15) is 0 Å². The molecule has 0 spiro atoms. The number of para-hydroxylation sites is 2. The summed E-state index contributed by atoms with van der Waals surface area (Å²) in [6, 6.07) is 11.2. The van der Waals surface area contributed by atoms with E-state index in [-0.39, 0.29) is 0 Å². The highest BCUT2D eigenvalue weighted by molar-refractivity contribution is 6.41. The predicted molar refractivity (Wildman–Crippen MR) is 137 cm³/mol. The monoisotopic (exact) mass is 501 g/mol. The fourth-order valence-corrected chi connectivity index (χ4v) is 4.02. The van der Waals surface area contributed by atoms with Crippen molar-refractivity contribution < 1.29 is 9.47 Å². The van der Waals surface area contributed by atoms with Gasteiger partial charge in [-0.05, 0) is 26.2 Å². The Morgan fingerprint density at radius 2 is 1.71 bits per heavy atom. The number of hydrogen-bond acceptors (Lipinski definition) is 8. The maximum absolute atomic E-state index is 6.59. The van der Waals surface area contributed by atoms with Gasteiger partial charge in [0.2, 0.25) is 5.95 Å². The SMILES string of the molecule is COc1cc(OC)c(Cl)c(Nc2nc3ccccc3n2-c2cc(NCCN(C)C)ncn2)c1Cl. The Kier molecular flexibility index (Phi) is 7.26. The number of nitrogens with one attached hydrogen (secondary N) is 2. The highest BCUT2D eigenvalue weighted by Crippen LogP contribution is 2.45. The van der Waals surface area contributed by atoms with Gasteiger partial charge < -0.3 is 25.0 Å². The average molecular weight is 502 g/mol. The Morgan fingerprint density at radius 1 is 1.00 bits per heavy atom. The Balaban J connectivity index is 1.80. The number of nitrogens with zero attached hydrogens (tertiary/aromatic N) is 5. The van der Waals surface area contributed by atoms with E-state index in [1.807, 2.05) is 49.0 Å². The van der Waals surface area contributed by atoms with E-state index in [0.29, 0.717) is 44.8 Å². The summed E-state index contributed by atoms with van der Waals surface area (Å²) in [5, 5.41) is 7.20. The fourth-order valence-electron chi connectivity index (χ4n) is 3.42. The van der Waals surface area contributed by atoms with Crippen molar-refractivity contribution in [2.24, 2.45) is 0 Å². The first-order valence-corrected chi connectivity index (χ1v) is 11.2. The molecule has 34 heavy (non-hydrogen) atoms. The Hall–Kier alpha value is -3.27. The van der Waals surface area contributed by atoms with Gasteiger partial charge in [-0.25, -0.2) is 15.0 Å². The van der Waals surface area contributed by atoms with E-state index in [1.54, 1.807) is 6.07 Å². The number of fused-ring (bicyclic) bond motifs is 1. The third-order valence-corrected chi connectivity index (χ3v) is 5.87. The summed E-state index contributed by atoms with van der Waals surface area (Å²) >= 11 is 13.2. The summed E-state index contributed by atoms with van der Waals surface area (Å²) in [7, 11) is 7.09. The van der Waals surface area contributed by atoms with Gasteiger partial charge >= 0.3 is 0 Å². The van der Waals surface area contributed by atoms with E-state index in [2.05, 4.69) is 25.5 Å². The molecule has 0 atom stereocenters. The van der Waals surface area contributed by atoms with Crippen LogP contribution in [0.3, 0.4) is 0 Å². The van der Waals surface area contributed by atoms with E-state index in [4.69, 9.17) is 37.7 Å². The van der Waals surface area contributed by atoms with Crippen LogP contribution in [0, 0.1) is 0 Å². The number of halogens is 2. The van der Waals surface area contributed by atoms with E-state index in [0.717, 1.165) is 24.1 Å². The molecule has 11 heteroatoms. The lowest BCUT2D eigenvalue weighted by atomic mass is 10.2. The van der Waals surface area contributed by atoms with Gasteiger partial charge in [-0.3, -0.25) is 4.57 Å². The van der Waals surface area contributed by atoms with Crippen LogP contribution in [-0.4, -0.2) is 65.8 Å². The third kappa shape index (κ3) is 4.82. The molecule has 0 bridgehead atoms. The van der Waals surface area contributed by atoms with Crippen LogP contribution in [0.15, 0.2) is 42.7 Å². The number of ether oxygens (including phenoxy) is 2. The molecule has 0 aliphatic carbocycles. The number of likely N-dealkylation sites (N-methyl/N-ethyl adjacent to an activating group) is 1. The van der Waals surface area contributed by atoms with Crippen molar-refractivity contribution >= 4 is 51.7 Å². The van der Waals surface area contributed by atoms with E-state index >= 15 is 0 Å². The molecular weight excluding hydrogens is 477 g/mol. The molecule has 0 fully saturated rings. The summed E-state index contributed by atoms with van der Waals surface area (Å²) in [6.07, 6.45) is 1.51. The zero-order valence-corrected chi connectivity index (χ0v) is 20.8. The van der Waals surface area contributed by atoms with Gasteiger partial charge in [0.05, 0.1) is 30.9 Å². The van der Waals surface area contributed by atoms with Gasteiger partial charge in [-0.1, -0.05) is 35.3 Å². The van der Waals surface area contributed by atoms with Crippen molar-refractivity contribution in [2.75, 3.05) is 52.0 Å². The first kappa shape index (κ1) is 23.9. The second kappa shape index (κ2) is 10.3. The molecule has 4 rings (SSSR count). The molecule has 0 saturated carbocycles. The predicted octanol–water partition coefficient (Wildman–Crippen LogP) is 4.86. The Bertz CT molecular complexity index is 1280. The zero-order chi connectivity index (χ0) is 24.2. The summed E-state index contributed by atoms with van der Waals surface area (Å²) < 4.78 is 12.7. The van der Waals surface area contributed by atoms with E-state index in [9.17, 15) is 0 Å². The quantitative estimate of drug-likeness (QED) is 0.336. The molecule has 2 N–H and O–H groups in total. The summed E-state index contributed by atoms with van der Waals surface area (Å²) in [4.78, 5) is 15.7. The molecule has 0 amide bonds. The summed E-state index contributed by atoms with van der Waals surface area (Å²) in [5.74, 6) is 2.64. The lowest BCUT2D eigenvalue weighted by molar-refractivity contribution is 0.395. The normalized spacial score (nSPS) is 11.1. The van der Waals surface area contributed by atoms with Crippen molar-refractivity contribution in [3.05, 3.63) is 52.8 Å². The number of rotatable bonds is 9. The van der Waals surface area contributed by atoms with Gasteiger partial charge in [0.15, 0.2) is 0 Å². The second-order valence-electron chi connectivity index (χ2n) is 7.66. The van der Waals surface area contributed by atoms with E-state index in [1.165, 1.54) is 20.5 Å². The van der Waals surface area contributed by atoms with Crippen molar-refractivity contribution in [3.8, 4) is 17.3 Å². The Labute approximate surface area is 207 Å². The maximum Gasteiger partial charge on any atom is 0.214 e. The van der Waals surface area contributed by atoms with Gasteiger partial charge in [-0.15, -0.1) is 0 Å². The van der Waals surface area contributed by atoms with Gasteiger partial charge in [0.1, 0.15) is 39.5 Å². The first-order valence-electron chi connectivity index (χ1n) is 10.5.